The molecule has 1 N–H and O–H groups in total. The second-order valence-corrected chi connectivity index (χ2v) is 6.41. The molecule has 1 aromatic carbocycles. The van der Waals surface area contributed by atoms with Crippen molar-refractivity contribution in [2.75, 3.05) is 0 Å². The molecule has 0 fully saturated rings. The lowest BCUT2D eigenvalue weighted by Gasteiger charge is -2.11. The van der Waals surface area contributed by atoms with Crippen molar-refractivity contribution in [3.05, 3.63) is 54.7 Å². The van der Waals surface area contributed by atoms with Gasteiger partial charge in [-0.2, -0.15) is 0 Å². The molecule has 0 aliphatic rings. The molecule has 4 heteroatoms. The van der Waals surface area contributed by atoms with Crippen LogP contribution in [-0.2, 0) is 6.42 Å². The van der Waals surface area contributed by atoms with E-state index in [1.54, 1.807) is 0 Å². The minimum Gasteiger partial charge on any atom is -0.388 e. The third kappa shape index (κ3) is 2.97. The maximum absolute atomic E-state index is 10.1. The number of hydrogen-bond donors (Lipinski definition) is 1. The molecule has 16 heavy (non-hydrogen) atoms. The highest BCUT2D eigenvalue weighted by Crippen LogP contribution is 2.28. The van der Waals surface area contributed by atoms with Gasteiger partial charge < -0.3 is 5.11 Å². The summed E-state index contributed by atoms with van der Waals surface area (Å²) in [5, 5.41) is 10.1. The molecule has 84 valence electrons. The van der Waals surface area contributed by atoms with E-state index in [4.69, 9.17) is 11.6 Å². The Bertz CT molecular complexity index is 483. The topological polar surface area (TPSA) is 20.2 Å². The predicted molar refractivity (Wildman–Crippen MR) is 77.2 cm³/mol. The van der Waals surface area contributed by atoms with E-state index in [1.807, 2.05) is 36.4 Å². The number of aliphatic hydroxyl groups is 1. The van der Waals surface area contributed by atoms with Crippen LogP contribution >= 0.6 is 45.5 Å². The van der Waals surface area contributed by atoms with Crippen LogP contribution in [0.25, 0.3) is 0 Å². The molecule has 2 rings (SSSR count). The Hall–Kier alpha value is -0.100. The van der Waals surface area contributed by atoms with Crippen LogP contribution in [0.1, 0.15) is 16.5 Å². The predicted octanol–water partition coefficient (Wildman–Crippen LogP) is 4.28. The Labute approximate surface area is 117 Å². The molecule has 1 atom stereocenters. The second-order valence-electron chi connectivity index (χ2n) is 3.45. The quantitative estimate of drug-likeness (QED) is 0.806. The van der Waals surface area contributed by atoms with E-state index in [0.717, 1.165) is 18.3 Å². The lowest BCUT2D eigenvalue weighted by molar-refractivity contribution is 0.178. The van der Waals surface area contributed by atoms with E-state index >= 15 is 0 Å². The molecule has 1 nitrogen and oxygen atoms in total. The first-order chi connectivity index (χ1) is 7.66. The van der Waals surface area contributed by atoms with Crippen LogP contribution in [0.5, 0.6) is 0 Å². The number of benzene rings is 1. The first-order valence-corrected chi connectivity index (χ1v) is 7.11. The van der Waals surface area contributed by atoms with Crippen molar-refractivity contribution in [1.29, 1.82) is 0 Å². The Balaban J connectivity index is 2.14. The van der Waals surface area contributed by atoms with E-state index in [2.05, 4.69) is 22.6 Å². The summed E-state index contributed by atoms with van der Waals surface area (Å²) in [6.45, 7) is 0. The number of halogens is 2. The molecule has 0 spiro atoms. The van der Waals surface area contributed by atoms with Gasteiger partial charge in [0.2, 0.25) is 0 Å². The van der Waals surface area contributed by atoms with Gasteiger partial charge in [-0.05, 0) is 46.4 Å². The van der Waals surface area contributed by atoms with Crippen molar-refractivity contribution in [1.82, 2.24) is 0 Å². The van der Waals surface area contributed by atoms with Crippen LogP contribution in [-0.4, -0.2) is 5.11 Å². The minimum atomic E-state index is -0.456. The van der Waals surface area contributed by atoms with Crippen LogP contribution in [0, 0.1) is 3.57 Å². The number of aliphatic hydroxyl groups excluding tert-OH is 1. The highest BCUT2D eigenvalue weighted by molar-refractivity contribution is 14.1. The average Bonchev–Trinajstić information content (AvgIpc) is 2.64. The normalized spacial score (nSPS) is 12.7. The molecule has 0 bridgehead atoms. The molecule has 1 aromatic heterocycles. The van der Waals surface area contributed by atoms with Crippen molar-refractivity contribution in [3.8, 4) is 0 Å². The van der Waals surface area contributed by atoms with Gasteiger partial charge >= 0.3 is 0 Å². The first kappa shape index (κ1) is 12.4. The van der Waals surface area contributed by atoms with E-state index in [0.29, 0.717) is 6.42 Å². The molecule has 1 unspecified atom stereocenters. The first-order valence-electron chi connectivity index (χ1n) is 4.83. The maximum atomic E-state index is 10.1. The summed E-state index contributed by atoms with van der Waals surface area (Å²) < 4.78 is 1.86. The van der Waals surface area contributed by atoms with Crippen LogP contribution in [0.4, 0.5) is 0 Å². The highest BCUT2D eigenvalue weighted by Gasteiger charge is 2.12. The molecule has 0 aliphatic heterocycles. The van der Waals surface area contributed by atoms with Crippen LogP contribution in [0.2, 0.25) is 4.34 Å². The van der Waals surface area contributed by atoms with Gasteiger partial charge in [0.1, 0.15) is 0 Å². The number of hydrogen-bond acceptors (Lipinski definition) is 2. The summed E-state index contributed by atoms with van der Waals surface area (Å²) in [6, 6.07) is 11.7. The van der Waals surface area contributed by atoms with Crippen LogP contribution in [0.3, 0.4) is 0 Å². The van der Waals surface area contributed by atoms with Gasteiger partial charge in [-0.3, -0.25) is 0 Å². The SMILES string of the molecule is OC(Cc1ccc(Cl)s1)c1ccccc1I. The lowest BCUT2D eigenvalue weighted by Crippen LogP contribution is -2.02. The molecule has 0 saturated carbocycles. The molecule has 2 aromatic rings. The zero-order valence-corrected chi connectivity index (χ0v) is 12.1. The fourth-order valence-electron chi connectivity index (χ4n) is 1.51. The summed E-state index contributed by atoms with van der Waals surface area (Å²) in [7, 11) is 0. The zero-order chi connectivity index (χ0) is 11.5. The average molecular weight is 365 g/mol. The highest BCUT2D eigenvalue weighted by atomic mass is 127. The summed E-state index contributed by atoms with van der Waals surface area (Å²) in [6.07, 6.45) is 0.167. The molecular formula is C12H10ClIOS. The monoisotopic (exact) mass is 364 g/mol. The van der Waals surface area contributed by atoms with Gasteiger partial charge in [-0.15, -0.1) is 11.3 Å². The smallest absolute Gasteiger partial charge is 0.0931 e. The van der Waals surface area contributed by atoms with E-state index in [9.17, 15) is 5.11 Å². The molecule has 0 aliphatic carbocycles. The van der Waals surface area contributed by atoms with Crippen LogP contribution in [0.15, 0.2) is 36.4 Å². The molecular weight excluding hydrogens is 355 g/mol. The Kier molecular flexibility index (Phi) is 4.24. The van der Waals surface area contributed by atoms with Crippen molar-refractivity contribution >= 4 is 45.5 Å². The number of thiophene rings is 1. The van der Waals surface area contributed by atoms with Gasteiger partial charge in [0.25, 0.3) is 0 Å². The minimum absolute atomic E-state index is 0.456. The summed E-state index contributed by atoms with van der Waals surface area (Å²) >= 11 is 9.62. The van der Waals surface area contributed by atoms with E-state index in [1.165, 1.54) is 11.3 Å². The lowest BCUT2D eigenvalue weighted by atomic mass is 10.1. The van der Waals surface area contributed by atoms with Gasteiger partial charge in [0.15, 0.2) is 0 Å². The molecule has 1 heterocycles. The van der Waals surface area contributed by atoms with Gasteiger partial charge in [-0.25, -0.2) is 0 Å². The standard InChI is InChI=1S/C12H10ClIOS/c13-12-6-5-8(16-12)7-11(15)9-3-1-2-4-10(9)14/h1-6,11,15H,7H2. The largest absolute Gasteiger partial charge is 0.388 e. The Morgan fingerprint density at radius 1 is 1.25 bits per heavy atom. The maximum Gasteiger partial charge on any atom is 0.0931 e. The molecule has 0 saturated heterocycles. The van der Waals surface area contributed by atoms with E-state index < -0.39 is 6.10 Å². The van der Waals surface area contributed by atoms with Gasteiger partial charge in [0, 0.05) is 14.9 Å². The van der Waals surface area contributed by atoms with Crippen molar-refractivity contribution in [2.45, 2.75) is 12.5 Å². The zero-order valence-electron chi connectivity index (χ0n) is 8.36. The fraction of sp³-hybridized carbons (Fsp3) is 0.167. The molecule has 0 radical (unpaired) electrons. The van der Waals surface area contributed by atoms with Gasteiger partial charge in [0.05, 0.1) is 10.4 Å². The fourth-order valence-corrected chi connectivity index (χ4v) is 3.38. The second kappa shape index (κ2) is 5.49. The third-order valence-corrected chi connectivity index (χ3v) is 4.52. The van der Waals surface area contributed by atoms with Crippen molar-refractivity contribution < 1.29 is 5.11 Å². The van der Waals surface area contributed by atoms with Crippen molar-refractivity contribution in [2.24, 2.45) is 0 Å². The number of rotatable bonds is 3. The molecule has 0 amide bonds. The summed E-state index contributed by atoms with van der Waals surface area (Å²) in [5.74, 6) is 0. The van der Waals surface area contributed by atoms with E-state index in [-0.39, 0.29) is 0 Å². The Morgan fingerprint density at radius 2 is 2.00 bits per heavy atom. The third-order valence-electron chi connectivity index (χ3n) is 2.29. The Morgan fingerprint density at radius 3 is 2.62 bits per heavy atom. The van der Waals surface area contributed by atoms with Gasteiger partial charge in [-0.1, -0.05) is 29.8 Å². The summed E-state index contributed by atoms with van der Waals surface area (Å²) in [5.41, 5.74) is 0.979. The van der Waals surface area contributed by atoms with Crippen molar-refractivity contribution in [3.63, 3.8) is 0 Å². The summed E-state index contributed by atoms with van der Waals surface area (Å²) in [4.78, 5) is 1.11. The van der Waals surface area contributed by atoms with Crippen LogP contribution < -0.4 is 0 Å².